The van der Waals surface area contributed by atoms with Gasteiger partial charge in [0.25, 0.3) is 17.0 Å². The Morgan fingerprint density at radius 2 is 1.83 bits per heavy atom. The number of anilines is 1. The Labute approximate surface area is 303 Å². The zero-order valence-electron chi connectivity index (χ0n) is 25.9. The Morgan fingerprint density at radius 3 is 2.48 bits per heavy atom. The number of nitrogens with zero attached hydrogens (tertiary/aromatic N) is 4. The molecule has 2 amide bonds. The number of nitrogens with two attached hydrogens (primary N) is 1. The maximum absolute atomic E-state index is 13.5. The van der Waals surface area contributed by atoms with Crippen molar-refractivity contribution in [3.05, 3.63) is 70.7 Å². The number of carboxylic acids is 1. The molecule has 1 saturated heterocycles. The van der Waals surface area contributed by atoms with Gasteiger partial charge in [0.2, 0.25) is 12.0 Å². The van der Waals surface area contributed by atoms with Gasteiger partial charge < -0.3 is 55.7 Å². The molecule has 2 aliphatic rings. The van der Waals surface area contributed by atoms with Crippen molar-refractivity contribution in [3.8, 4) is 34.3 Å². The number of fused-ring (bicyclic) bond motifs is 1. The minimum absolute atomic E-state index is 0.0362. The molecule has 4 aromatic rings. The second-order valence-corrected chi connectivity index (χ2v) is 13.6. The van der Waals surface area contributed by atoms with Crippen molar-refractivity contribution in [1.29, 1.82) is 0 Å². The van der Waals surface area contributed by atoms with Gasteiger partial charge in [-0.3, -0.25) is 14.5 Å². The molecule has 22 heteroatoms. The molecule has 1 fully saturated rings. The van der Waals surface area contributed by atoms with E-state index in [0.29, 0.717) is 11.1 Å². The normalized spacial score (nSPS) is 17.6. The fourth-order valence-corrected chi connectivity index (χ4v) is 7.66. The molecule has 9 N–H and O–H groups in total. The van der Waals surface area contributed by atoms with Gasteiger partial charge in [0.05, 0.1) is 6.20 Å². The number of nitrogens with one attached hydrogen (secondary N) is 1. The van der Waals surface area contributed by atoms with Crippen LogP contribution in [-0.4, -0.2) is 98.1 Å². The first-order valence-corrected chi connectivity index (χ1v) is 17.4. The zero-order valence-corrected chi connectivity index (χ0v) is 28.3. The van der Waals surface area contributed by atoms with Gasteiger partial charge in [0.15, 0.2) is 39.6 Å². The number of carbonyl (C=O) groups is 4. The predicted octanol–water partition coefficient (Wildman–Crippen LogP) is 2.85. The van der Waals surface area contributed by atoms with E-state index in [2.05, 4.69) is 20.4 Å². The smallest absolute Gasteiger partial charge is 0.504 e. The lowest BCUT2D eigenvalue weighted by Crippen LogP contribution is -2.70. The van der Waals surface area contributed by atoms with E-state index < -0.39 is 58.7 Å². The monoisotopic (exact) mass is 772 g/mol. The second kappa shape index (κ2) is 14.6. The number of aromatic hydroxyl groups is 4. The fourth-order valence-electron chi connectivity index (χ4n) is 4.86. The third-order valence-electron chi connectivity index (χ3n) is 7.33. The molecule has 2 aromatic heterocycles. The molecule has 0 bridgehead atoms. The summed E-state index contributed by atoms with van der Waals surface area (Å²) in [5.41, 5.74) is 5.80. The van der Waals surface area contributed by atoms with Crippen LogP contribution in [0.3, 0.4) is 0 Å². The summed E-state index contributed by atoms with van der Waals surface area (Å²) in [4.78, 5) is 65.0. The Bertz CT molecular complexity index is 2150. The van der Waals surface area contributed by atoms with Crippen LogP contribution in [-0.2, 0) is 24.0 Å². The number of β-lactam (4-membered cyclic amide) rings is 1. The van der Waals surface area contributed by atoms with Gasteiger partial charge in [-0.15, -0.1) is 23.1 Å². The average Bonchev–Trinajstić information content (AvgIpc) is 3.76. The van der Waals surface area contributed by atoms with Crippen molar-refractivity contribution < 1.29 is 63.8 Å². The highest BCUT2D eigenvalue weighted by molar-refractivity contribution is 8.01. The van der Waals surface area contributed by atoms with Gasteiger partial charge in [-0.2, -0.15) is 0 Å². The van der Waals surface area contributed by atoms with Crippen molar-refractivity contribution in [3.63, 3.8) is 0 Å². The topological polar surface area (TPSA) is 301 Å². The van der Waals surface area contributed by atoms with Crippen LogP contribution in [0.15, 0.2) is 74.2 Å². The first-order valence-electron chi connectivity index (χ1n) is 14.5. The zero-order chi connectivity index (χ0) is 37.3. The third kappa shape index (κ3) is 7.33. The number of aliphatic carboxylic acids is 1. The standard InChI is InChI=1S/C30H24N6O13S3/c31-28-33-14(10-51-28)20(35-49-22(27(43)44)12-2-4-16(38)18(40)6-12)23(41)34-21-24(42)36-25(48-30(45)46)13(8-50-26(21)36)9-52-29-32-7-19(47-29)11-1-3-15(37)17(39)5-11/h1-7,10,21-22,26,37-40H,8-9H2,(H2,31,33)(H,34,41)(H,43,44)(H,45,46)/t21-,22?,26+/m1/s1. The summed E-state index contributed by atoms with van der Waals surface area (Å²) in [5, 5.41) is 64.9. The predicted molar refractivity (Wildman–Crippen MR) is 181 cm³/mol. The van der Waals surface area contributed by atoms with E-state index in [0.717, 1.165) is 46.2 Å². The van der Waals surface area contributed by atoms with Crippen LogP contribution < -0.4 is 11.1 Å². The minimum Gasteiger partial charge on any atom is -0.504 e. The molecule has 6 rings (SSSR count). The molecule has 0 spiro atoms. The number of phenols is 4. The third-order valence-corrected chi connectivity index (χ3v) is 10.3. The van der Waals surface area contributed by atoms with Crippen LogP contribution in [0.25, 0.3) is 11.3 Å². The fraction of sp³-hybridized carbons (Fsp3) is 0.167. The number of oxazole rings is 1. The van der Waals surface area contributed by atoms with E-state index in [-0.39, 0.29) is 56.3 Å². The summed E-state index contributed by atoms with van der Waals surface area (Å²) in [6, 6.07) is 6.02. The molecule has 19 nitrogen and oxygen atoms in total. The molecule has 3 atom stereocenters. The number of rotatable bonds is 12. The second-order valence-electron chi connectivity index (χ2n) is 10.7. The maximum Gasteiger partial charge on any atom is 0.512 e. The number of carbonyl (C=O) groups excluding carboxylic acids is 2. The average molecular weight is 773 g/mol. The molecular weight excluding hydrogens is 749 g/mol. The molecule has 0 radical (unpaired) electrons. The number of nitrogen functional groups attached to an aromatic ring is 1. The lowest BCUT2D eigenvalue weighted by molar-refractivity contribution is -0.151. The minimum atomic E-state index is -1.85. The Morgan fingerprint density at radius 1 is 1.10 bits per heavy atom. The lowest BCUT2D eigenvalue weighted by atomic mass is 10.1. The van der Waals surface area contributed by atoms with Crippen LogP contribution in [0.2, 0.25) is 0 Å². The molecule has 0 saturated carbocycles. The van der Waals surface area contributed by atoms with Gasteiger partial charge >= 0.3 is 12.1 Å². The van der Waals surface area contributed by atoms with Crippen molar-refractivity contribution in [1.82, 2.24) is 20.2 Å². The molecule has 2 aromatic carbocycles. The highest BCUT2D eigenvalue weighted by Gasteiger charge is 2.54. The van der Waals surface area contributed by atoms with Gasteiger partial charge in [0, 0.05) is 33.6 Å². The first-order chi connectivity index (χ1) is 24.8. The summed E-state index contributed by atoms with van der Waals surface area (Å²) < 4.78 is 10.7. The Hall–Kier alpha value is -6.13. The maximum atomic E-state index is 13.5. The number of hydrogen-bond acceptors (Lipinski definition) is 18. The number of ether oxygens (including phenoxy) is 1. The van der Waals surface area contributed by atoms with E-state index in [9.17, 15) is 49.8 Å². The SMILES string of the molecule is Nc1nc(C(=NOC(C(=O)O)c2ccc(O)c(O)c2)C(=O)N[C@@H]2C(=O)N3C(OC(=O)O)=C(CSc4ncc(-c5ccc(O)c(O)c5)o4)CS[C@@H]23)cs1. The quantitative estimate of drug-likeness (QED) is 0.0256. The van der Waals surface area contributed by atoms with Crippen molar-refractivity contribution in [2.75, 3.05) is 17.2 Å². The highest BCUT2D eigenvalue weighted by atomic mass is 32.2. The summed E-state index contributed by atoms with van der Waals surface area (Å²) in [6.07, 6.45) is -2.13. The molecule has 4 heterocycles. The van der Waals surface area contributed by atoms with Gasteiger partial charge in [-0.05, 0) is 30.3 Å². The van der Waals surface area contributed by atoms with Crippen LogP contribution in [0.1, 0.15) is 17.4 Å². The van der Waals surface area contributed by atoms with Crippen LogP contribution in [0.5, 0.6) is 23.0 Å². The Balaban J connectivity index is 1.18. The van der Waals surface area contributed by atoms with Crippen molar-refractivity contribution in [2.24, 2.45) is 5.16 Å². The number of carboxylic acid groups (broad SMARTS) is 2. The number of benzene rings is 2. The van der Waals surface area contributed by atoms with Crippen LogP contribution >= 0.6 is 34.9 Å². The largest absolute Gasteiger partial charge is 0.512 e. The summed E-state index contributed by atoms with van der Waals surface area (Å²) in [5.74, 6) is -4.78. The Kier molecular flexibility index (Phi) is 10.0. The van der Waals surface area contributed by atoms with Crippen molar-refractivity contribution >= 4 is 69.6 Å². The molecule has 2 aliphatic heterocycles. The van der Waals surface area contributed by atoms with E-state index in [1.165, 1.54) is 41.5 Å². The molecule has 52 heavy (non-hydrogen) atoms. The first kappa shape index (κ1) is 35.7. The lowest BCUT2D eigenvalue weighted by Gasteiger charge is -2.49. The number of hydrogen-bond donors (Lipinski definition) is 8. The molecule has 0 aliphatic carbocycles. The summed E-state index contributed by atoms with van der Waals surface area (Å²) >= 11 is 3.22. The van der Waals surface area contributed by atoms with E-state index in [1.807, 2.05) is 0 Å². The summed E-state index contributed by atoms with van der Waals surface area (Å²) in [6.45, 7) is 0. The highest BCUT2D eigenvalue weighted by Crippen LogP contribution is 2.42. The number of amides is 2. The molecule has 270 valence electrons. The number of aromatic nitrogens is 2. The number of thiazole rings is 1. The van der Waals surface area contributed by atoms with Crippen molar-refractivity contribution in [2.45, 2.75) is 22.7 Å². The molecule has 1 unspecified atom stereocenters. The van der Waals surface area contributed by atoms with Gasteiger partial charge in [-0.25, -0.2) is 19.6 Å². The van der Waals surface area contributed by atoms with E-state index >= 15 is 0 Å². The van der Waals surface area contributed by atoms with E-state index in [1.54, 1.807) is 0 Å². The van der Waals surface area contributed by atoms with Crippen LogP contribution in [0.4, 0.5) is 9.93 Å². The summed E-state index contributed by atoms with van der Waals surface area (Å²) in [7, 11) is 0. The van der Waals surface area contributed by atoms with E-state index in [4.69, 9.17) is 19.7 Å². The van der Waals surface area contributed by atoms with Gasteiger partial charge in [-0.1, -0.05) is 23.0 Å². The number of oxime groups is 1. The van der Waals surface area contributed by atoms with Crippen LogP contribution in [0, 0.1) is 0 Å². The number of phenolic OH excluding ortho intramolecular Hbond substituents is 4. The number of thioether (sulfide) groups is 2. The van der Waals surface area contributed by atoms with Gasteiger partial charge in [0.1, 0.15) is 17.1 Å². The molecular formula is C30H24N6O13S3.